The Balaban J connectivity index is 3.87. The molecule has 0 spiro atoms. The molecule has 0 fully saturated rings. The van der Waals surface area contributed by atoms with Gasteiger partial charge in [-0.05, 0) is 39.3 Å². The zero-order valence-corrected chi connectivity index (χ0v) is 9.71. The van der Waals surface area contributed by atoms with E-state index in [0.29, 0.717) is 0 Å². The second-order valence-electron chi connectivity index (χ2n) is 4.12. The molecule has 0 aromatic heterocycles. The van der Waals surface area contributed by atoms with Crippen LogP contribution < -0.4 is 5.73 Å². The van der Waals surface area contributed by atoms with E-state index in [4.69, 9.17) is 11.0 Å². The molecule has 14 heavy (non-hydrogen) atoms. The predicted molar refractivity (Wildman–Crippen MR) is 59.8 cm³/mol. The van der Waals surface area contributed by atoms with Crippen LogP contribution in [0.25, 0.3) is 0 Å². The van der Waals surface area contributed by atoms with E-state index in [1.807, 2.05) is 0 Å². The van der Waals surface area contributed by atoms with Gasteiger partial charge in [-0.1, -0.05) is 13.8 Å². The van der Waals surface area contributed by atoms with Crippen molar-refractivity contribution in [3.8, 4) is 6.07 Å². The summed E-state index contributed by atoms with van der Waals surface area (Å²) in [5.74, 6) is 0. The van der Waals surface area contributed by atoms with E-state index in [1.165, 1.54) is 0 Å². The van der Waals surface area contributed by atoms with Crippen molar-refractivity contribution in [1.82, 2.24) is 4.90 Å². The van der Waals surface area contributed by atoms with Gasteiger partial charge in [-0.2, -0.15) is 5.26 Å². The van der Waals surface area contributed by atoms with Gasteiger partial charge in [-0.25, -0.2) is 0 Å². The Morgan fingerprint density at radius 1 is 1.21 bits per heavy atom. The quantitative estimate of drug-likeness (QED) is 0.676. The maximum Gasteiger partial charge on any atom is 0.102 e. The SMILES string of the molecule is CCCN(CCC)CCC(C)(N)C#N. The second-order valence-corrected chi connectivity index (χ2v) is 4.12. The van der Waals surface area contributed by atoms with Crippen molar-refractivity contribution in [2.45, 2.75) is 45.6 Å². The Hall–Kier alpha value is -0.590. The Labute approximate surface area is 87.9 Å². The van der Waals surface area contributed by atoms with Crippen molar-refractivity contribution < 1.29 is 0 Å². The van der Waals surface area contributed by atoms with Crippen LogP contribution in [-0.2, 0) is 0 Å². The van der Waals surface area contributed by atoms with E-state index >= 15 is 0 Å². The van der Waals surface area contributed by atoms with Gasteiger partial charge in [0.2, 0.25) is 0 Å². The Kier molecular flexibility index (Phi) is 6.52. The molecule has 0 saturated heterocycles. The molecule has 0 aliphatic carbocycles. The first-order chi connectivity index (χ1) is 6.55. The molecule has 1 atom stereocenters. The first-order valence-electron chi connectivity index (χ1n) is 5.48. The fourth-order valence-corrected chi connectivity index (χ4v) is 1.41. The molecule has 3 heteroatoms. The molecule has 0 heterocycles. The van der Waals surface area contributed by atoms with Crippen LogP contribution in [0.4, 0.5) is 0 Å². The molecule has 3 nitrogen and oxygen atoms in total. The van der Waals surface area contributed by atoms with Gasteiger partial charge in [0.25, 0.3) is 0 Å². The van der Waals surface area contributed by atoms with Crippen LogP contribution in [0.1, 0.15) is 40.0 Å². The van der Waals surface area contributed by atoms with Crippen LogP contribution in [0.5, 0.6) is 0 Å². The third-order valence-electron chi connectivity index (χ3n) is 2.28. The highest BCUT2D eigenvalue weighted by Crippen LogP contribution is 2.06. The molecule has 0 rings (SSSR count). The fraction of sp³-hybridized carbons (Fsp3) is 0.909. The smallest absolute Gasteiger partial charge is 0.102 e. The minimum absolute atomic E-state index is 0.667. The summed E-state index contributed by atoms with van der Waals surface area (Å²) >= 11 is 0. The van der Waals surface area contributed by atoms with Crippen molar-refractivity contribution >= 4 is 0 Å². The molecule has 82 valence electrons. The molecule has 2 N–H and O–H groups in total. The van der Waals surface area contributed by atoms with Crippen LogP contribution in [0.3, 0.4) is 0 Å². The minimum atomic E-state index is -0.667. The summed E-state index contributed by atoms with van der Waals surface area (Å²) in [4.78, 5) is 2.38. The number of rotatable bonds is 7. The van der Waals surface area contributed by atoms with Crippen molar-refractivity contribution in [2.24, 2.45) is 5.73 Å². The van der Waals surface area contributed by atoms with E-state index in [2.05, 4.69) is 24.8 Å². The van der Waals surface area contributed by atoms with Gasteiger partial charge in [-0.15, -0.1) is 0 Å². The van der Waals surface area contributed by atoms with Crippen molar-refractivity contribution in [2.75, 3.05) is 19.6 Å². The molecule has 0 aliphatic heterocycles. The van der Waals surface area contributed by atoms with Gasteiger partial charge in [-0.3, -0.25) is 0 Å². The molecular weight excluding hydrogens is 174 g/mol. The van der Waals surface area contributed by atoms with Crippen LogP contribution in [-0.4, -0.2) is 30.1 Å². The Morgan fingerprint density at radius 3 is 2.07 bits per heavy atom. The average Bonchev–Trinajstić information content (AvgIpc) is 2.15. The molecule has 0 radical (unpaired) electrons. The molecule has 0 aliphatic rings. The Bertz CT molecular complexity index is 175. The topological polar surface area (TPSA) is 53.0 Å². The molecule has 0 amide bonds. The van der Waals surface area contributed by atoms with Gasteiger partial charge >= 0.3 is 0 Å². The van der Waals surface area contributed by atoms with Crippen LogP contribution in [0.2, 0.25) is 0 Å². The van der Waals surface area contributed by atoms with Crippen LogP contribution in [0.15, 0.2) is 0 Å². The largest absolute Gasteiger partial charge is 0.314 e. The van der Waals surface area contributed by atoms with E-state index in [9.17, 15) is 0 Å². The summed E-state index contributed by atoms with van der Waals surface area (Å²) in [7, 11) is 0. The first-order valence-corrected chi connectivity index (χ1v) is 5.48. The van der Waals surface area contributed by atoms with E-state index in [0.717, 1.165) is 38.9 Å². The number of nitrogens with two attached hydrogens (primary N) is 1. The Morgan fingerprint density at radius 2 is 1.71 bits per heavy atom. The van der Waals surface area contributed by atoms with Gasteiger partial charge in [0.15, 0.2) is 0 Å². The fourth-order valence-electron chi connectivity index (χ4n) is 1.41. The first kappa shape index (κ1) is 13.4. The lowest BCUT2D eigenvalue weighted by atomic mass is 10.0. The van der Waals surface area contributed by atoms with Crippen molar-refractivity contribution in [1.29, 1.82) is 5.26 Å². The maximum atomic E-state index is 8.77. The average molecular weight is 197 g/mol. The highest BCUT2D eigenvalue weighted by Gasteiger charge is 2.18. The van der Waals surface area contributed by atoms with E-state index in [1.54, 1.807) is 6.92 Å². The molecule has 0 saturated carbocycles. The number of hydrogen-bond donors (Lipinski definition) is 1. The number of nitrogens with zero attached hydrogens (tertiary/aromatic N) is 2. The second kappa shape index (κ2) is 6.80. The normalized spacial score (nSPS) is 15.1. The monoisotopic (exact) mass is 197 g/mol. The third-order valence-corrected chi connectivity index (χ3v) is 2.28. The summed E-state index contributed by atoms with van der Waals surface area (Å²) in [6.45, 7) is 9.29. The third kappa shape index (κ3) is 5.95. The molecule has 0 aromatic carbocycles. The zero-order valence-electron chi connectivity index (χ0n) is 9.71. The van der Waals surface area contributed by atoms with Crippen LogP contribution >= 0.6 is 0 Å². The number of nitriles is 1. The highest BCUT2D eigenvalue weighted by atomic mass is 15.1. The summed E-state index contributed by atoms with van der Waals surface area (Å²) < 4.78 is 0. The molecule has 0 bridgehead atoms. The predicted octanol–water partition coefficient (Wildman–Crippen LogP) is 1.74. The van der Waals surface area contributed by atoms with Gasteiger partial charge in [0, 0.05) is 6.54 Å². The lowest BCUT2D eigenvalue weighted by molar-refractivity contribution is 0.256. The highest BCUT2D eigenvalue weighted by molar-refractivity contribution is 5.01. The molecule has 0 aromatic rings. The number of hydrogen-bond acceptors (Lipinski definition) is 3. The summed E-state index contributed by atoms with van der Waals surface area (Å²) in [5, 5.41) is 8.77. The summed E-state index contributed by atoms with van der Waals surface area (Å²) in [6.07, 6.45) is 3.07. The lowest BCUT2D eigenvalue weighted by Gasteiger charge is -2.24. The summed E-state index contributed by atoms with van der Waals surface area (Å²) in [5.41, 5.74) is 5.10. The van der Waals surface area contributed by atoms with Gasteiger partial charge < -0.3 is 10.6 Å². The summed E-state index contributed by atoms with van der Waals surface area (Å²) in [6, 6.07) is 2.13. The standard InChI is InChI=1S/C11H23N3/c1-4-7-14(8-5-2)9-6-11(3,13)10-12/h4-9,13H2,1-3H3. The molecule has 1 unspecified atom stereocenters. The minimum Gasteiger partial charge on any atom is -0.314 e. The van der Waals surface area contributed by atoms with Crippen molar-refractivity contribution in [3.63, 3.8) is 0 Å². The van der Waals surface area contributed by atoms with Crippen molar-refractivity contribution in [3.05, 3.63) is 0 Å². The van der Waals surface area contributed by atoms with Gasteiger partial charge in [0.05, 0.1) is 6.07 Å². The van der Waals surface area contributed by atoms with Crippen LogP contribution in [0, 0.1) is 11.3 Å². The maximum absolute atomic E-state index is 8.77. The zero-order chi connectivity index (χ0) is 11.0. The van der Waals surface area contributed by atoms with E-state index in [-0.39, 0.29) is 0 Å². The lowest BCUT2D eigenvalue weighted by Crippen LogP contribution is -2.39. The molecular formula is C11H23N3. The van der Waals surface area contributed by atoms with Gasteiger partial charge in [0.1, 0.15) is 5.54 Å². The van der Waals surface area contributed by atoms with E-state index < -0.39 is 5.54 Å².